The number of hydrogen-bond acceptors (Lipinski definition) is 2. The quantitative estimate of drug-likeness (QED) is 0.654. The summed E-state index contributed by atoms with van der Waals surface area (Å²) in [6, 6.07) is 0. The van der Waals surface area contributed by atoms with Crippen LogP contribution in [0.3, 0.4) is 0 Å². The molecule has 3 nitrogen and oxygen atoms in total. The molecule has 2 rings (SSSR count). The topological polar surface area (TPSA) is 21.1 Å². The summed E-state index contributed by atoms with van der Waals surface area (Å²) in [6.07, 6.45) is 1.91. The van der Waals surface area contributed by atoms with Gasteiger partial charge in [-0.05, 0) is 13.3 Å². The lowest BCUT2D eigenvalue weighted by Crippen LogP contribution is -2.23. The number of nitrogens with zero attached hydrogens (tertiary/aromatic N) is 3. The zero-order valence-corrected chi connectivity index (χ0v) is 8.00. The third-order valence-corrected chi connectivity index (χ3v) is 2.39. The van der Waals surface area contributed by atoms with Crippen LogP contribution in [-0.4, -0.2) is 28.8 Å². The highest BCUT2D eigenvalue weighted by Gasteiger charge is 2.24. The molecule has 0 radical (unpaired) electrons. The van der Waals surface area contributed by atoms with Gasteiger partial charge in [-0.2, -0.15) is 0 Å². The summed E-state index contributed by atoms with van der Waals surface area (Å²) in [5, 5.41) is 0. The molecule has 0 aliphatic carbocycles. The molecule has 0 bridgehead atoms. The molecular weight excluding hydrogens is 169 g/mol. The van der Waals surface area contributed by atoms with Gasteiger partial charge >= 0.3 is 0 Å². The summed E-state index contributed by atoms with van der Waals surface area (Å²) >= 11 is 0. The number of aromatic nitrogens is 2. The summed E-state index contributed by atoms with van der Waals surface area (Å²) in [7, 11) is 1.95. The van der Waals surface area contributed by atoms with E-state index in [1.165, 1.54) is 0 Å². The Kier molecular flexibility index (Phi) is 1.98. The van der Waals surface area contributed by atoms with Crippen molar-refractivity contribution in [3.63, 3.8) is 0 Å². The molecule has 1 aliphatic rings. The molecule has 1 saturated heterocycles. The average Bonchev–Trinajstić information content (AvgIpc) is 2.58. The van der Waals surface area contributed by atoms with Crippen LogP contribution in [0.4, 0.5) is 10.3 Å². The van der Waals surface area contributed by atoms with Crippen LogP contribution in [0.1, 0.15) is 12.1 Å². The van der Waals surface area contributed by atoms with Crippen LogP contribution >= 0.6 is 0 Å². The Morgan fingerprint density at radius 1 is 1.62 bits per heavy atom. The van der Waals surface area contributed by atoms with Crippen LogP contribution in [0.25, 0.3) is 0 Å². The third kappa shape index (κ3) is 1.53. The van der Waals surface area contributed by atoms with E-state index < -0.39 is 6.17 Å². The lowest BCUT2D eigenvalue weighted by atomic mass is 10.3. The van der Waals surface area contributed by atoms with Crippen LogP contribution in [0, 0.1) is 6.92 Å². The molecule has 0 N–H and O–H groups in total. The first-order valence-corrected chi connectivity index (χ1v) is 4.56. The summed E-state index contributed by atoms with van der Waals surface area (Å²) in [5.74, 6) is 0.887. The summed E-state index contributed by atoms with van der Waals surface area (Å²) in [5.41, 5.74) is 0.986. The fourth-order valence-electron chi connectivity index (χ4n) is 1.80. The largest absolute Gasteiger partial charge is 0.339 e. The van der Waals surface area contributed by atoms with Gasteiger partial charge in [-0.3, -0.25) is 0 Å². The van der Waals surface area contributed by atoms with Gasteiger partial charge in [0.05, 0.1) is 12.2 Å². The zero-order valence-electron chi connectivity index (χ0n) is 8.00. The molecule has 0 saturated carbocycles. The summed E-state index contributed by atoms with van der Waals surface area (Å²) in [4.78, 5) is 6.35. The Hall–Kier alpha value is -1.06. The Morgan fingerprint density at radius 2 is 2.38 bits per heavy atom. The second-order valence-electron chi connectivity index (χ2n) is 3.63. The standard InChI is InChI=1S/C9H14FN3/c1-7-5-12(2)9(11-7)13-4-3-8(10)6-13/h5,8H,3-4,6H2,1-2H3. The lowest BCUT2D eigenvalue weighted by Gasteiger charge is -2.15. The highest BCUT2D eigenvalue weighted by molar-refractivity contribution is 5.34. The van der Waals surface area contributed by atoms with E-state index in [1.807, 2.05) is 29.6 Å². The predicted molar refractivity (Wildman–Crippen MR) is 49.7 cm³/mol. The van der Waals surface area contributed by atoms with Crippen molar-refractivity contribution >= 4 is 5.95 Å². The van der Waals surface area contributed by atoms with Crippen molar-refractivity contribution in [2.24, 2.45) is 7.05 Å². The maximum Gasteiger partial charge on any atom is 0.205 e. The Morgan fingerprint density at radius 3 is 2.85 bits per heavy atom. The van der Waals surface area contributed by atoms with Crippen molar-refractivity contribution in [2.75, 3.05) is 18.0 Å². The highest BCUT2D eigenvalue weighted by atomic mass is 19.1. The van der Waals surface area contributed by atoms with E-state index in [1.54, 1.807) is 0 Å². The Bertz CT molecular complexity index is 308. The van der Waals surface area contributed by atoms with Gasteiger partial charge in [0.2, 0.25) is 5.95 Å². The number of rotatable bonds is 1. The van der Waals surface area contributed by atoms with Crippen LogP contribution in [0.2, 0.25) is 0 Å². The van der Waals surface area contributed by atoms with Gasteiger partial charge in [-0.15, -0.1) is 0 Å². The average molecular weight is 183 g/mol. The molecular formula is C9H14FN3. The van der Waals surface area contributed by atoms with Crippen molar-refractivity contribution in [1.29, 1.82) is 0 Å². The van der Waals surface area contributed by atoms with Gasteiger partial charge in [-0.25, -0.2) is 9.37 Å². The SMILES string of the molecule is Cc1cn(C)c(N2CCC(F)C2)n1. The van der Waals surface area contributed by atoms with Gasteiger partial charge in [-0.1, -0.05) is 0 Å². The number of aryl methyl sites for hydroxylation is 2. The number of alkyl halides is 1. The van der Waals surface area contributed by atoms with Gasteiger partial charge in [0, 0.05) is 19.8 Å². The van der Waals surface area contributed by atoms with E-state index in [0.29, 0.717) is 13.0 Å². The fourth-order valence-corrected chi connectivity index (χ4v) is 1.80. The molecule has 1 aromatic heterocycles. The maximum absolute atomic E-state index is 12.9. The molecule has 1 atom stereocenters. The molecule has 13 heavy (non-hydrogen) atoms. The van der Waals surface area contributed by atoms with Gasteiger partial charge < -0.3 is 9.47 Å². The number of halogens is 1. The van der Waals surface area contributed by atoms with Crippen LogP contribution in [0.5, 0.6) is 0 Å². The smallest absolute Gasteiger partial charge is 0.205 e. The molecule has 1 aliphatic heterocycles. The van der Waals surface area contributed by atoms with Crippen molar-refractivity contribution < 1.29 is 4.39 Å². The first kappa shape index (κ1) is 8.53. The van der Waals surface area contributed by atoms with E-state index in [9.17, 15) is 4.39 Å². The predicted octanol–water partition coefficient (Wildman–Crippen LogP) is 1.28. The molecule has 0 spiro atoms. The molecule has 1 aromatic rings. The first-order valence-electron chi connectivity index (χ1n) is 4.56. The minimum atomic E-state index is -0.683. The second-order valence-corrected chi connectivity index (χ2v) is 3.63. The van der Waals surface area contributed by atoms with E-state index in [-0.39, 0.29) is 0 Å². The van der Waals surface area contributed by atoms with Crippen LogP contribution in [-0.2, 0) is 7.05 Å². The molecule has 1 unspecified atom stereocenters. The third-order valence-electron chi connectivity index (χ3n) is 2.39. The van der Waals surface area contributed by atoms with Gasteiger partial charge in [0.25, 0.3) is 0 Å². The van der Waals surface area contributed by atoms with Crippen molar-refractivity contribution in [1.82, 2.24) is 9.55 Å². The van der Waals surface area contributed by atoms with E-state index in [4.69, 9.17) is 0 Å². The summed E-state index contributed by atoms with van der Waals surface area (Å²) in [6.45, 7) is 3.22. The minimum Gasteiger partial charge on any atom is -0.339 e. The number of anilines is 1. The van der Waals surface area contributed by atoms with Crippen molar-refractivity contribution in [3.05, 3.63) is 11.9 Å². The zero-order chi connectivity index (χ0) is 9.42. The van der Waals surface area contributed by atoms with E-state index in [0.717, 1.165) is 18.2 Å². The van der Waals surface area contributed by atoms with Gasteiger partial charge in [0.1, 0.15) is 6.17 Å². The second kappa shape index (κ2) is 3.01. The van der Waals surface area contributed by atoms with Crippen LogP contribution < -0.4 is 4.90 Å². The Labute approximate surface area is 77.2 Å². The number of imidazole rings is 1. The normalized spacial score (nSPS) is 22.7. The monoisotopic (exact) mass is 183 g/mol. The van der Waals surface area contributed by atoms with E-state index in [2.05, 4.69) is 4.98 Å². The van der Waals surface area contributed by atoms with Crippen molar-refractivity contribution in [2.45, 2.75) is 19.5 Å². The van der Waals surface area contributed by atoms with E-state index >= 15 is 0 Å². The molecule has 1 fully saturated rings. The molecule has 0 aromatic carbocycles. The van der Waals surface area contributed by atoms with Crippen LogP contribution in [0.15, 0.2) is 6.20 Å². The highest BCUT2D eigenvalue weighted by Crippen LogP contribution is 2.20. The first-order chi connectivity index (χ1) is 6.16. The molecule has 72 valence electrons. The Balaban J connectivity index is 2.20. The minimum absolute atomic E-state index is 0.490. The fraction of sp³-hybridized carbons (Fsp3) is 0.667. The summed E-state index contributed by atoms with van der Waals surface area (Å²) < 4.78 is 14.9. The maximum atomic E-state index is 12.9. The number of hydrogen-bond donors (Lipinski definition) is 0. The van der Waals surface area contributed by atoms with Crippen molar-refractivity contribution in [3.8, 4) is 0 Å². The lowest BCUT2D eigenvalue weighted by molar-refractivity contribution is 0.364. The molecule has 4 heteroatoms. The molecule has 2 heterocycles. The molecule has 0 amide bonds. The van der Waals surface area contributed by atoms with Gasteiger partial charge in [0.15, 0.2) is 0 Å².